The minimum absolute atomic E-state index is 0.690. The Morgan fingerprint density at radius 1 is 1.33 bits per heavy atom. The van der Waals surface area contributed by atoms with Crippen LogP contribution in [0.2, 0.25) is 4.47 Å². The molecule has 0 spiro atoms. The first-order valence-electron chi connectivity index (χ1n) is 4.47. The average Bonchev–Trinajstić information content (AvgIpc) is 2.54. The van der Waals surface area contributed by atoms with Crippen LogP contribution in [-0.4, -0.2) is 4.98 Å². The van der Waals surface area contributed by atoms with Crippen LogP contribution in [0.5, 0.6) is 0 Å². The third-order valence-corrected chi connectivity index (χ3v) is 3.78. The van der Waals surface area contributed by atoms with Gasteiger partial charge in [0.1, 0.15) is 0 Å². The topological polar surface area (TPSA) is 12.9 Å². The normalized spacial score (nSPS) is 19.8. The molecule has 0 atom stereocenters. The molecule has 3 heteroatoms. The van der Waals surface area contributed by atoms with Crippen molar-refractivity contribution >= 4 is 22.9 Å². The maximum absolute atomic E-state index is 5.79. The van der Waals surface area contributed by atoms with E-state index in [2.05, 4.69) is 4.98 Å². The van der Waals surface area contributed by atoms with Crippen molar-refractivity contribution in [3.63, 3.8) is 0 Å². The van der Waals surface area contributed by atoms with E-state index in [4.69, 9.17) is 11.6 Å². The molecule has 1 fully saturated rings. The van der Waals surface area contributed by atoms with E-state index in [0.29, 0.717) is 4.47 Å². The summed E-state index contributed by atoms with van der Waals surface area (Å²) in [6.07, 6.45) is 8.77. The highest BCUT2D eigenvalue weighted by Gasteiger charge is 2.17. The Morgan fingerprint density at radius 2 is 2.08 bits per heavy atom. The summed E-state index contributed by atoms with van der Waals surface area (Å²) in [5, 5.41) is 0. The Labute approximate surface area is 81.8 Å². The molecule has 2 rings (SSSR count). The van der Waals surface area contributed by atoms with E-state index in [-0.39, 0.29) is 0 Å². The molecule has 12 heavy (non-hydrogen) atoms. The van der Waals surface area contributed by atoms with Gasteiger partial charge in [0, 0.05) is 11.1 Å². The van der Waals surface area contributed by atoms with Crippen LogP contribution >= 0.6 is 22.9 Å². The molecule has 0 aromatic carbocycles. The largest absolute Gasteiger partial charge is 0.233 e. The lowest BCUT2D eigenvalue weighted by Crippen LogP contribution is -2.02. The second-order valence-corrected chi connectivity index (χ2v) is 4.99. The van der Waals surface area contributed by atoms with E-state index in [1.165, 1.54) is 37.0 Å². The fraction of sp³-hybridized carbons (Fsp3) is 0.667. The summed E-state index contributed by atoms with van der Waals surface area (Å²) in [6.45, 7) is 0. The second kappa shape index (κ2) is 3.75. The van der Waals surface area contributed by atoms with Gasteiger partial charge in [-0.3, -0.25) is 0 Å². The molecular formula is C9H12ClNS. The van der Waals surface area contributed by atoms with Gasteiger partial charge in [-0.25, -0.2) is 4.98 Å². The van der Waals surface area contributed by atoms with Crippen LogP contribution in [0, 0.1) is 0 Å². The Hall–Kier alpha value is -0.0800. The van der Waals surface area contributed by atoms with Crippen molar-refractivity contribution in [1.82, 2.24) is 4.98 Å². The first-order chi connectivity index (χ1) is 5.86. The monoisotopic (exact) mass is 201 g/mol. The number of hydrogen-bond donors (Lipinski definition) is 0. The average molecular weight is 202 g/mol. The van der Waals surface area contributed by atoms with E-state index in [1.807, 2.05) is 6.20 Å². The fourth-order valence-corrected chi connectivity index (χ4v) is 2.96. The lowest BCUT2D eigenvalue weighted by atomic mass is 9.89. The minimum Gasteiger partial charge on any atom is -0.233 e. The zero-order chi connectivity index (χ0) is 8.39. The van der Waals surface area contributed by atoms with Gasteiger partial charge in [-0.05, 0) is 18.8 Å². The van der Waals surface area contributed by atoms with Crippen LogP contribution in [0.3, 0.4) is 0 Å². The highest BCUT2D eigenvalue weighted by atomic mass is 35.5. The SMILES string of the molecule is Clc1ncc(C2CCCCC2)s1. The molecule has 1 saturated carbocycles. The Balaban J connectivity index is 2.08. The number of thiazole rings is 1. The molecular weight excluding hydrogens is 190 g/mol. The number of rotatable bonds is 1. The van der Waals surface area contributed by atoms with Crippen LogP contribution in [0.4, 0.5) is 0 Å². The maximum Gasteiger partial charge on any atom is 0.183 e. The van der Waals surface area contributed by atoms with Crippen molar-refractivity contribution in [2.24, 2.45) is 0 Å². The Bertz CT molecular complexity index is 253. The molecule has 66 valence electrons. The number of hydrogen-bond acceptors (Lipinski definition) is 2. The standard InChI is InChI=1S/C9H12ClNS/c10-9-11-6-8(12-9)7-4-2-1-3-5-7/h6-7H,1-5H2. The quantitative estimate of drug-likeness (QED) is 0.673. The lowest BCUT2D eigenvalue weighted by Gasteiger charge is -2.19. The van der Waals surface area contributed by atoms with Crippen molar-refractivity contribution in [1.29, 1.82) is 0 Å². The Kier molecular flexibility index (Phi) is 2.66. The first kappa shape index (κ1) is 8.52. The van der Waals surface area contributed by atoms with Gasteiger partial charge < -0.3 is 0 Å². The van der Waals surface area contributed by atoms with Crippen LogP contribution in [0.25, 0.3) is 0 Å². The molecule has 1 aromatic heterocycles. The van der Waals surface area contributed by atoms with Gasteiger partial charge in [-0.2, -0.15) is 0 Å². The second-order valence-electron chi connectivity index (χ2n) is 3.35. The summed E-state index contributed by atoms with van der Waals surface area (Å²) < 4.78 is 0.690. The van der Waals surface area contributed by atoms with Gasteiger partial charge in [0.2, 0.25) is 0 Å². The van der Waals surface area contributed by atoms with Gasteiger partial charge in [0.25, 0.3) is 0 Å². The van der Waals surface area contributed by atoms with E-state index >= 15 is 0 Å². The smallest absolute Gasteiger partial charge is 0.183 e. The maximum atomic E-state index is 5.79. The predicted octanol–water partition coefficient (Wildman–Crippen LogP) is 3.84. The molecule has 0 unspecified atom stereocenters. The summed E-state index contributed by atoms with van der Waals surface area (Å²) in [4.78, 5) is 5.46. The molecule has 0 saturated heterocycles. The van der Waals surface area contributed by atoms with Crippen molar-refractivity contribution in [2.45, 2.75) is 38.0 Å². The number of halogens is 1. The summed E-state index contributed by atoms with van der Waals surface area (Å²) in [7, 11) is 0. The van der Waals surface area contributed by atoms with Crippen molar-refractivity contribution in [3.05, 3.63) is 15.5 Å². The molecule has 0 aliphatic heterocycles. The number of aromatic nitrogens is 1. The van der Waals surface area contributed by atoms with Gasteiger partial charge in [0.15, 0.2) is 4.47 Å². The highest BCUT2D eigenvalue weighted by molar-refractivity contribution is 7.15. The molecule has 0 bridgehead atoms. The third-order valence-electron chi connectivity index (χ3n) is 2.50. The summed E-state index contributed by atoms with van der Waals surface area (Å²) in [6, 6.07) is 0. The zero-order valence-electron chi connectivity index (χ0n) is 6.92. The van der Waals surface area contributed by atoms with Gasteiger partial charge in [0.05, 0.1) is 0 Å². The molecule has 1 heterocycles. The van der Waals surface area contributed by atoms with E-state index in [0.717, 1.165) is 5.92 Å². The van der Waals surface area contributed by atoms with Gasteiger partial charge in [-0.15, -0.1) is 11.3 Å². The van der Waals surface area contributed by atoms with Crippen LogP contribution in [0.15, 0.2) is 6.20 Å². The molecule has 1 aromatic rings. The van der Waals surface area contributed by atoms with E-state index < -0.39 is 0 Å². The van der Waals surface area contributed by atoms with Gasteiger partial charge in [-0.1, -0.05) is 30.9 Å². The lowest BCUT2D eigenvalue weighted by molar-refractivity contribution is 0.448. The van der Waals surface area contributed by atoms with Crippen LogP contribution in [-0.2, 0) is 0 Å². The predicted molar refractivity (Wildman–Crippen MR) is 53.0 cm³/mol. The van der Waals surface area contributed by atoms with E-state index in [1.54, 1.807) is 11.3 Å². The molecule has 0 N–H and O–H groups in total. The van der Waals surface area contributed by atoms with Crippen molar-refractivity contribution < 1.29 is 0 Å². The Morgan fingerprint density at radius 3 is 2.67 bits per heavy atom. The summed E-state index contributed by atoms with van der Waals surface area (Å²) in [5.41, 5.74) is 0. The molecule has 1 aliphatic carbocycles. The van der Waals surface area contributed by atoms with Crippen molar-refractivity contribution in [2.75, 3.05) is 0 Å². The zero-order valence-corrected chi connectivity index (χ0v) is 8.50. The summed E-state index contributed by atoms with van der Waals surface area (Å²) >= 11 is 7.44. The third kappa shape index (κ3) is 1.80. The highest BCUT2D eigenvalue weighted by Crippen LogP contribution is 2.36. The summed E-state index contributed by atoms with van der Waals surface area (Å²) in [5.74, 6) is 0.753. The fourth-order valence-electron chi connectivity index (χ4n) is 1.84. The van der Waals surface area contributed by atoms with Crippen LogP contribution < -0.4 is 0 Å². The minimum atomic E-state index is 0.690. The first-order valence-corrected chi connectivity index (χ1v) is 5.67. The molecule has 0 amide bonds. The molecule has 1 aliphatic rings. The van der Waals surface area contributed by atoms with Gasteiger partial charge >= 0.3 is 0 Å². The molecule has 1 nitrogen and oxygen atoms in total. The number of nitrogens with zero attached hydrogens (tertiary/aromatic N) is 1. The van der Waals surface area contributed by atoms with Crippen molar-refractivity contribution in [3.8, 4) is 0 Å². The molecule has 0 radical (unpaired) electrons. The van der Waals surface area contributed by atoms with Crippen LogP contribution in [0.1, 0.15) is 42.9 Å². The van der Waals surface area contributed by atoms with E-state index in [9.17, 15) is 0 Å².